The fourth-order valence-electron chi connectivity index (χ4n) is 20.4. The van der Waals surface area contributed by atoms with Crippen molar-refractivity contribution in [3.05, 3.63) is 413 Å². The lowest BCUT2D eigenvalue weighted by molar-refractivity contribution is 1.24. The summed E-state index contributed by atoms with van der Waals surface area (Å²) < 4.78 is 9.69. The van der Waals surface area contributed by atoms with Crippen LogP contribution in [0.25, 0.3) is 132 Å². The standard InChI is InChI=1S/4C27H17N2PS/c31-30-25-14-6-4-11-21(25)22-12-7-15-28-27(22)29(30)24-13-5-3-10-20(24)23-16-18-8-1-2-9-19(18)17-26(23)30;31-30-25-14-6-4-11-21(25)27-24(13-7-15-28-27)29(30)23-12-5-3-10-20(23)22-16-18-8-1-2-9-19(18)17-26(22)30;31-30-26-12-6-4-10-22(26)21-13-14-28-17-25(21)29(30)24-11-5-3-9-20(24)23-15-18-7-1-2-8-19(18)16-27(23)30;31-30-26-12-6-4-10-21(26)23-17-28-14-13-25(23)29(30)24-11-5-3-9-20(24)22-15-18-7-1-2-8-19(18)16-27(22)30/h4*1-17H. The Bertz CT molecular complexity index is 7320. The SMILES string of the molecule is S=P12c3cc4ccccc4cc3-c3ccccc3N1c1cccnc1-c1ccccc12.S=P12c3cc4ccccc4cc3-c3ccccc3N1c1ncccc1-c1ccccc12.S=P12c3ccccc3-c3ccncc3N1c1ccccc1-c1cc3ccccc3cc12.S=P12c3ccccc3-c3cnccc3N1c1ccccc1-c1cc3ccccc3cc12. The largest absolute Gasteiger partial charge is 0.304 e. The predicted molar refractivity (Wildman–Crippen MR) is 539 cm³/mol. The molecule has 4 unspecified atom stereocenters. The molecule has 28 rings (SSSR count). The molecule has 16 aromatic carbocycles. The van der Waals surface area contributed by atoms with E-state index in [4.69, 9.17) is 57.2 Å². The summed E-state index contributed by atoms with van der Waals surface area (Å²) in [6.07, 6.45) is 2.10. The predicted octanol–water partition coefficient (Wildman–Crippen LogP) is 25.5. The summed E-state index contributed by atoms with van der Waals surface area (Å²) in [4.78, 5) is 18.6. The number of anilines is 8. The van der Waals surface area contributed by atoms with Gasteiger partial charge >= 0.3 is 0 Å². The lowest BCUT2D eigenvalue weighted by atomic mass is 9.98. The number of hydrogen-bond donors (Lipinski definition) is 0. The van der Waals surface area contributed by atoms with Crippen molar-refractivity contribution < 1.29 is 0 Å². The summed E-state index contributed by atoms with van der Waals surface area (Å²) in [5, 5.41) is 20.0. The molecule has 20 aromatic rings. The van der Waals surface area contributed by atoms with Crippen molar-refractivity contribution in [3.8, 4) is 89.1 Å². The molecule has 584 valence electrons. The molecular weight excluding hydrogens is 1660 g/mol. The number of nitrogens with zero attached hydrogens (tertiary/aromatic N) is 8. The van der Waals surface area contributed by atoms with Gasteiger partial charge < -0.3 is 14.0 Å². The van der Waals surface area contributed by atoms with Crippen molar-refractivity contribution in [3.63, 3.8) is 0 Å². The van der Waals surface area contributed by atoms with E-state index in [1.54, 1.807) is 0 Å². The zero-order valence-corrected chi connectivity index (χ0v) is 73.1. The van der Waals surface area contributed by atoms with Crippen LogP contribution in [0.1, 0.15) is 0 Å². The van der Waals surface area contributed by atoms with Gasteiger partial charge in [0.15, 0.2) is 0 Å². The number of para-hydroxylation sites is 4. The fourth-order valence-corrected chi connectivity index (χ4v) is 39.2. The normalized spacial score (nSPS) is 17.9. The zero-order valence-electron chi connectivity index (χ0n) is 66.3. The molecule has 8 aliphatic heterocycles. The van der Waals surface area contributed by atoms with Crippen molar-refractivity contribution in [2.24, 2.45) is 0 Å². The van der Waals surface area contributed by atoms with Gasteiger partial charge in [0.2, 0.25) is 0 Å². The van der Waals surface area contributed by atoms with Gasteiger partial charge in [0.25, 0.3) is 0 Å². The van der Waals surface area contributed by atoms with E-state index in [1.165, 1.54) is 169 Å². The molecule has 0 radical (unpaired) electrons. The molecule has 0 amide bonds. The molecule has 8 nitrogen and oxygen atoms in total. The van der Waals surface area contributed by atoms with Crippen molar-refractivity contribution in [2.75, 3.05) is 18.7 Å². The highest BCUT2D eigenvalue weighted by Gasteiger charge is 2.50. The van der Waals surface area contributed by atoms with Crippen LogP contribution >= 0.6 is 24.8 Å². The summed E-state index contributed by atoms with van der Waals surface area (Å²) in [6.45, 7) is 0. The van der Waals surface area contributed by atoms with Gasteiger partial charge in [-0.2, -0.15) is 0 Å². The Morgan fingerprint density at radius 1 is 0.177 bits per heavy atom. The number of fused-ring (bicyclic) bond motifs is 48. The number of hydrogen-bond acceptors (Lipinski definition) is 8. The highest BCUT2D eigenvalue weighted by atomic mass is 32.5. The summed E-state index contributed by atoms with van der Waals surface area (Å²) in [5.74, 6) is 0.968. The summed E-state index contributed by atoms with van der Waals surface area (Å²) in [5.41, 5.74) is 27.4. The van der Waals surface area contributed by atoms with E-state index >= 15 is 0 Å². The Morgan fingerprint density at radius 3 is 0.895 bits per heavy atom. The first-order chi connectivity index (χ1) is 61.1. The van der Waals surface area contributed by atoms with E-state index < -0.39 is 24.8 Å². The molecule has 16 heteroatoms. The average Bonchev–Trinajstić information content (AvgIpc) is 0.701. The van der Waals surface area contributed by atoms with Gasteiger partial charge in [-0.05, 0) is 191 Å². The van der Waals surface area contributed by atoms with Crippen LogP contribution in [0, 0.1) is 0 Å². The molecular formula is C108H68N8P4S4. The van der Waals surface area contributed by atoms with Crippen LogP contribution in [-0.4, -0.2) is 19.9 Å². The van der Waals surface area contributed by atoms with Crippen LogP contribution in [0.2, 0.25) is 0 Å². The molecule has 0 fully saturated rings. The highest BCUT2D eigenvalue weighted by molar-refractivity contribution is 8.24. The second-order valence-corrected chi connectivity index (χ2v) is 48.5. The summed E-state index contributed by atoms with van der Waals surface area (Å²) >= 11 is 27.0. The Balaban J connectivity index is 0.0000000906. The van der Waals surface area contributed by atoms with Crippen LogP contribution < -0.4 is 61.1 Å². The first-order valence-electron chi connectivity index (χ1n) is 41.4. The van der Waals surface area contributed by atoms with Crippen molar-refractivity contribution in [1.29, 1.82) is 0 Å². The minimum atomic E-state index is -2.36. The smallest absolute Gasteiger partial charge is 0.145 e. The van der Waals surface area contributed by atoms with Crippen LogP contribution in [0.4, 0.5) is 45.6 Å². The number of pyridine rings is 4. The van der Waals surface area contributed by atoms with Crippen molar-refractivity contribution >= 4 is 203 Å². The Morgan fingerprint density at radius 2 is 0.452 bits per heavy atom. The third kappa shape index (κ3) is 10.5. The van der Waals surface area contributed by atoms with Gasteiger partial charge in [-0.3, -0.25) is 19.6 Å². The topological polar surface area (TPSA) is 64.5 Å². The molecule has 0 aliphatic carbocycles. The molecule has 4 atom stereocenters. The molecule has 124 heavy (non-hydrogen) atoms. The minimum absolute atomic E-state index is 0.968. The van der Waals surface area contributed by atoms with Gasteiger partial charge in [0, 0.05) is 118 Å². The third-order valence-corrected chi connectivity index (χ3v) is 44.6. The molecule has 0 saturated carbocycles. The maximum Gasteiger partial charge on any atom is 0.145 e. The first-order valence-corrected chi connectivity index (χ1v) is 52.4. The Labute approximate surface area is 738 Å². The molecule has 12 heterocycles. The Hall–Kier alpha value is -13.0. The molecule has 0 bridgehead atoms. The van der Waals surface area contributed by atoms with Crippen LogP contribution in [-0.2, 0) is 47.2 Å². The zero-order chi connectivity index (χ0) is 82.3. The van der Waals surface area contributed by atoms with Crippen LogP contribution in [0.5, 0.6) is 0 Å². The third-order valence-electron chi connectivity index (χ3n) is 25.7. The number of rotatable bonds is 0. The van der Waals surface area contributed by atoms with Crippen LogP contribution in [0.15, 0.2) is 413 Å². The van der Waals surface area contributed by atoms with Gasteiger partial charge in [-0.15, -0.1) is 0 Å². The maximum atomic E-state index is 6.77. The highest BCUT2D eigenvalue weighted by Crippen LogP contribution is 2.71. The monoisotopic (exact) mass is 1730 g/mol. The quantitative estimate of drug-likeness (QED) is 0.136. The van der Waals surface area contributed by atoms with Crippen molar-refractivity contribution in [2.45, 2.75) is 0 Å². The molecule has 8 aliphatic rings. The summed E-state index contributed by atoms with van der Waals surface area (Å²) in [6, 6.07) is 135. The van der Waals surface area contributed by atoms with Crippen molar-refractivity contribution in [1.82, 2.24) is 19.9 Å². The van der Waals surface area contributed by atoms with E-state index in [-0.39, 0.29) is 0 Å². The van der Waals surface area contributed by atoms with E-state index in [0.29, 0.717) is 0 Å². The molecule has 0 N–H and O–H groups in total. The van der Waals surface area contributed by atoms with E-state index in [0.717, 1.165) is 51.0 Å². The van der Waals surface area contributed by atoms with Gasteiger partial charge in [-0.25, -0.2) is 4.98 Å². The maximum absolute atomic E-state index is 6.77. The number of aromatic nitrogens is 4. The second kappa shape index (κ2) is 28.3. The molecule has 4 aromatic heterocycles. The minimum Gasteiger partial charge on any atom is -0.304 e. The van der Waals surface area contributed by atoms with E-state index in [1.807, 2.05) is 49.3 Å². The molecule has 0 saturated heterocycles. The van der Waals surface area contributed by atoms with Gasteiger partial charge in [-0.1, -0.05) is 314 Å². The lowest BCUT2D eigenvalue weighted by Gasteiger charge is -2.47. The Kier molecular flexibility index (Phi) is 16.8. The fraction of sp³-hybridized carbons (Fsp3) is 0. The second-order valence-electron chi connectivity index (χ2n) is 32.1. The van der Waals surface area contributed by atoms with E-state index in [9.17, 15) is 0 Å². The van der Waals surface area contributed by atoms with Crippen LogP contribution in [0.3, 0.4) is 0 Å². The number of benzene rings is 16. The lowest BCUT2D eigenvalue weighted by Crippen LogP contribution is -2.37. The van der Waals surface area contributed by atoms with Gasteiger partial charge in [0.05, 0.1) is 76.5 Å². The van der Waals surface area contributed by atoms with E-state index in [2.05, 4.69) is 393 Å². The first kappa shape index (κ1) is 73.7. The molecule has 0 spiro atoms. The average molecular weight is 1730 g/mol. The van der Waals surface area contributed by atoms with Gasteiger partial charge in [0.1, 0.15) is 5.82 Å². The summed E-state index contributed by atoms with van der Waals surface area (Å²) in [7, 11) is 0.